The Bertz CT molecular complexity index is 1050. The Morgan fingerprint density at radius 1 is 1.09 bits per heavy atom. The molecule has 9 heteroatoms. The third kappa shape index (κ3) is 5.52. The van der Waals surface area contributed by atoms with Gasteiger partial charge in [-0.3, -0.25) is 14.5 Å². The van der Waals surface area contributed by atoms with Gasteiger partial charge in [0.1, 0.15) is 11.6 Å². The van der Waals surface area contributed by atoms with Crippen molar-refractivity contribution in [3.05, 3.63) is 70.8 Å². The fourth-order valence-electron chi connectivity index (χ4n) is 5.52. The van der Waals surface area contributed by atoms with Crippen molar-refractivity contribution in [3.8, 4) is 0 Å². The van der Waals surface area contributed by atoms with E-state index in [4.69, 9.17) is 5.73 Å². The van der Waals surface area contributed by atoms with Gasteiger partial charge in [0, 0.05) is 36.3 Å². The molecule has 35 heavy (non-hydrogen) atoms. The van der Waals surface area contributed by atoms with Crippen molar-refractivity contribution in [1.82, 2.24) is 9.80 Å². The van der Waals surface area contributed by atoms with Gasteiger partial charge in [0.05, 0.1) is 13.2 Å². The Balaban J connectivity index is 1.45. The van der Waals surface area contributed by atoms with Crippen LogP contribution in [0.5, 0.6) is 0 Å². The molecule has 2 amide bonds. The van der Waals surface area contributed by atoms with Crippen LogP contribution >= 0.6 is 0 Å². The minimum absolute atomic E-state index is 0.165. The second-order valence-corrected chi connectivity index (χ2v) is 9.44. The van der Waals surface area contributed by atoms with E-state index in [0.717, 1.165) is 43.4 Å². The van der Waals surface area contributed by atoms with E-state index in [1.807, 2.05) is 18.2 Å². The summed E-state index contributed by atoms with van der Waals surface area (Å²) < 4.78 is 28.5. The molecular weight excluding hydrogens is 456 g/mol. The van der Waals surface area contributed by atoms with E-state index in [-0.39, 0.29) is 30.7 Å². The molecule has 7 nitrogen and oxygen atoms in total. The molecule has 2 bridgehead atoms. The Kier molecular flexibility index (Phi) is 7.78. The van der Waals surface area contributed by atoms with Crippen molar-refractivity contribution in [3.63, 3.8) is 0 Å². The number of benzene rings is 2. The minimum Gasteiger partial charge on any atom is -0.393 e. The normalized spacial score (nSPS) is 22.7. The lowest BCUT2D eigenvalue weighted by molar-refractivity contribution is -0.143. The number of nitrogens with zero attached hydrogens (tertiary/aromatic N) is 2. The van der Waals surface area contributed by atoms with Gasteiger partial charge in [-0.1, -0.05) is 18.2 Å². The van der Waals surface area contributed by atoms with Crippen LogP contribution in [0.25, 0.3) is 0 Å². The number of aliphatic hydroxyl groups excluding tert-OH is 2. The third-order valence-electron chi connectivity index (χ3n) is 7.34. The highest BCUT2D eigenvalue weighted by atomic mass is 19.1. The van der Waals surface area contributed by atoms with Gasteiger partial charge in [0.15, 0.2) is 6.10 Å². The number of nitrogens with two attached hydrogens (primary N) is 1. The average Bonchev–Trinajstić information content (AvgIpc) is 3.08. The van der Waals surface area contributed by atoms with Gasteiger partial charge in [0.25, 0.3) is 5.91 Å². The van der Waals surface area contributed by atoms with E-state index >= 15 is 0 Å². The number of rotatable bonds is 9. The quantitative estimate of drug-likeness (QED) is 0.503. The highest BCUT2D eigenvalue weighted by Gasteiger charge is 2.41. The molecule has 0 saturated carbocycles. The zero-order valence-corrected chi connectivity index (χ0v) is 19.4. The molecule has 0 radical (unpaired) electrons. The molecule has 4 rings (SSSR count). The van der Waals surface area contributed by atoms with Gasteiger partial charge in [-0.2, -0.15) is 0 Å². The number of hydrogen-bond acceptors (Lipinski definition) is 5. The number of aliphatic hydroxyl groups is 2. The molecule has 2 aliphatic heterocycles. The standard InChI is InChI=1S/C26H31F2N3O4/c27-22-5-2-6-23(28)21(22)14-30(26(35)24(33)15-32)9-10-31-19-7-8-20(31)13-18(12-19)16-3-1-4-17(11-16)25(29)34/h1-6,11,18-20,24,32-33H,7-10,12-15H2,(H2,29,34)/t18?,19-,20+,24-/m1/s1. The molecule has 2 fully saturated rings. The summed E-state index contributed by atoms with van der Waals surface area (Å²) in [5.41, 5.74) is 6.78. The lowest BCUT2D eigenvalue weighted by atomic mass is 9.84. The molecular formula is C26H31F2N3O4. The van der Waals surface area contributed by atoms with Gasteiger partial charge in [-0.15, -0.1) is 0 Å². The number of halogens is 2. The smallest absolute Gasteiger partial charge is 0.254 e. The van der Waals surface area contributed by atoms with Crippen LogP contribution < -0.4 is 5.73 Å². The fourth-order valence-corrected chi connectivity index (χ4v) is 5.52. The molecule has 2 aliphatic rings. The predicted octanol–water partition coefficient (Wildman–Crippen LogP) is 2.16. The van der Waals surface area contributed by atoms with Gasteiger partial charge in [-0.25, -0.2) is 8.78 Å². The van der Waals surface area contributed by atoms with Crippen molar-refractivity contribution in [2.24, 2.45) is 5.73 Å². The zero-order valence-electron chi connectivity index (χ0n) is 19.4. The number of carbonyl (C=O) groups excluding carboxylic acids is 2. The lowest BCUT2D eigenvalue weighted by Gasteiger charge is -2.40. The lowest BCUT2D eigenvalue weighted by Crippen LogP contribution is -2.48. The van der Waals surface area contributed by atoms with E-state index in [9.17, 15) is 28.6 Å². The van der Waals surface area contributed by atoms with Crippen molar-refractivity contribution in [1.29, 1.82) is 0 Å². The highest BCUT2D eigenvalue weighted by molar-refractivity contribution is 5.92. The molecule has 188 valence electrons. The zero-order chi connectivity index (χ0) is 25.1. The van der Waals surface area contributed by atoms with Crippen molar-refractivity contribution in [2.45, 2.75) is 56.3 Å². The van der Waals surface area contributed by atoms with E-state index in [0.29, 0.717) is 18.0 Å². The number of primary amides is 1. The van der Waals surface area contributed by atoms with Gasteiger partial charge in [-0.05, 0) is 61.4 Å². The molecule has 2 aromatic rings. The molecule has 0 spiro atoms. The monoisotopic (exact) mass is 487 g/mol. The SMILES string of the molecule is NC(=O)c1cccc(C2C[C@H]3CC[C@@H](C2)N3CCN(Cc2c(F)cccc2F)C(=O)[C@H](O)CO)c1. The third-order valence-corrected chi connectivity index (χ3v) is 7.34. The van der Waals surface area contributed by atoms with Gasteiger partial charge >= 0.3 is 0 Å². The van der Waals surface area contributed by atoms with Crippen molar-refractivity contribution >= 4 is 11.8 Å². The van der Waals surface area contributed by atoms with E-state index in [1.165, 1.54) is 11.0 Å². The first kappa shape index (κ1) is 25.2. The summed E-state index contributed by atoms with van der Waals surface area (Å²) in [5, 5.41) is 19.2. The molecule has 4 N–H and O–H groups in total. The minimum atomic E-state index is -1.65. The molecule has 2 saturated heterocycles. The summed E-state index contributed by atoms with van der Waals surface area (Å²) in [7, 11) is 0. The Morgan fingerprint density at radius 2 is 1.71 bits per heavy atom. The summed E-state index contributed by atoms with van der Waals surface area (Å²) in [5.74, 6) is -2.45. The van der Waals surface area contributed by atoms with E-state index < -0.39 is 36.2 Å². The van der Waals surface area contributed by atoms with Gasteiger partial charge in [0.2, 0.25) is 5.91 Å². The first-order valence-electron chi connectivity index (χ1n) is 11.9. The Morgan fingerprint density at radius 3 is 2.31 bits per heavy atom. The van der Waals surface area contributed by atoms with Crippen LogP contribution in [0.1, 0.15) is 53.1 Å². The Labute approximate surface area is 203 Å². The van der Waals surface area contributed by atoms with Crippen LogP contribution in [0, 0.1) is 11.6 Å². The molecule has 2 aromatic carbocycles. The summed E-state index contributed by atoms with van der Waals surface area (Å²) in [6.07, 6.45) is 2.16. The van der Waals surface area contributed by atoms with Crippen molar-refractivity contribution in [2.75, 3.05) is 19.7 Å². The molecule has 2 heterocycles. The molecule has 0 aromatic heterocycles. The maximum atomic E-state index is 14.2. The summed E-state index contributed by atoms with van der Waals surface area (Å²) in [6.45, 7) is -0.446. The molecule has 0 aliphatic carbocycles. The number of piperidine rings is 1. The number of hydrogen-bond donors (Lipinski definition) is 3. The Hall–Kier alpha value is -2.88. The maximum absolute atomic E-state index is 14.2. The average molecular weight is 488 g/mol. The number of carbonyl (C=O) groups is 2. The second kappa shape index (κ2) is 10.8. The first-order chi connectivity index (χ1) is 16.8. The first-order valence-corrected chi connectivity index (χ1v) is 11.9. The van der Waals surface area contributed by atoms with Gasteiger partial charge < -0.3 is 20.8 Å². The number of fused-ring (bicyclic) bond motifs is 2. The molecule has 1 unspecified atom stereocenters. The largest absolute Gasteiger partial charge is 0.393 e. The van der Waals surface area contributed by atoms with Crippen LogP contribution in [0.4, 0.5) is 8.78 Å². The fraction of sp³-hybridized carbons (Fsp3) is 0.462. The molecule has 4 atom stereocenters. The highest BCUT2D eigenvalue weighted by Crippen LogP contribution is 2.43. The van der Waals surface area contributed by atoms with Crippen LogP contribution in [0.2, 0.25) is 0 Å². The van der Waals surface area contributed by atoms with Crippen LogP contribution in [-0.4, -0.2) is 69.7 Å². The second-order valence-electron chi connectivity index (χ2n) is 9.44. The predicted molar refractivity (Wildman–Crippen MR) is 125 cm³/mol. The van der Waals surface area contributed by atoms with Crippen LogP contribution in [-0.2, 0) is 11.3 Å². The van der Waals surface area contributed by atoms with E-state index in [2.05, 4.69) is 4.90 Å². The summed E-state index contributed by atoms with van der Waals surface area (Å²) in [4.78, 5) is 27.8. The van der Waals surface area contributed by atoms with Crippen LogP contribution in [0.3, 0.4) is 0 Å². The summed E-state index contributed by atoms with van der Waals surface area (Å²) in [6, 6.07) is 11.5. The maximum Gasteiger partial charge on any atom is 0.254 e. The topological polar surface area (TPSA) is 107 Å². The number of amides is 2. The summed E-state index contributed by atoms with van der Waals surface area (Å²) >= 11 is 0. The van der Waals surface area contributed by atoms with Crippen LogP contribution in [0.15, 0.2) is 42.5 Å². The van der Waals surface area contributed by atoms with Crippen molar-refractivity contribution < 1.29 is 28.6 Å². The van der Waals surface area contributed by atoms with E-state index in [1.54, 1.807) is 6.07 Å².